The van der Waals surface area contributed by atoms with Crippen molar-refractivity contribution < 1.29 is 0 Å². The number of nitrogens with zero attached hydrogens (tertiary/aromatic N) is 1. The highest BCUT2D eigenvalue weighted by atomic mass is 79.9. The summed E-state index contributed by atoms with van der Waals surface area (Å²) in [5.74, 6) is 0. The molecule has 2 heterocycles. The zero-order chi connectivity index (χ0) is 8.55. The molecular weight excluding hydrogens is 220 g/mol. The Labute approximate surface area is 76.6 Å². The van der Waals surface area contributed by atoms with Gasteiger partial charge in [0.1, 0.15) is 5.52 Å². The highest BCUT2D eigenvalue weighted by Crippen LogP contribution is 2.13. The molecule has 0 aliphatic rings. The van der Waals surface area contributed by atoms with Crippen LogP contribution in [-0.4, -0.2) is 9.97 Å². The molecule has 0 spiro atoms. The van der Waals surface area contributed by atoms with Gasteiger partial charge >= 0.3 is 0 Å². The van der Waals surface area contributed by atoms with Crippen molar-refractivity contribution in [1.82, 2.24) is 9.97 Å². The predicted octanol–water partition coefficient (Wildman–Crippen LogP) is 1.69. The van der Waals surface area contributed by atoms with Crippen molar-refractivity contribution >= 4 is 26.8 Å². The number of aromatic amines is 1. The van der Waals surface area contributed by atoms with E-state index in [0.717, 1.165) is 9.86 Å². The van der Waals surface area contributed by atoms with Gasteiger partial charge in [0.2, 0.25) is 0 Å². The zero-order valence-electron chi connectivity index (χ0n) is 6.04. The topological polar surface area (TPSA) is 45.8 Å². The fraction of sp³-hybridized carbons (Fsp3) is 0. The normalized spacial score (nSPS) is 10.4. The van der Waals surface area contributed by atoms with Gasteiger partial charge in [0.05, 0.1) is 0 Å². The van der Waals surface area contributed by atoms with Crippen LogP contribution in [0.5, 0.6) is 0 Å². The van der Waals surface area contributed by atoms with Crippen LogP contribution in [0.2, 0.25) is 0 Å². The lowest BCUT2D eigenvalue weighted by Crippen LogP contribution is -2.05. The molecule has 2 rings (SSSR count). The lowest BCUT2D eigenvalue weighted by Gasteiger charge is -1.94. The van der Waals surface area contributed by atoms with Gasteiger partial charge in [-0.15, -0.1) is 0 Å². The molecule has 0 amide bonds. The second kappa shape index (κ2) is 2.71. The average molecular weight is 225 g/mol. The van der Waals surface area contributed by atoms with E-state index >= 15 is 0 Å². The standard InChI is InChI=1S/C8H5BrN2O/c9-6-3-5-1-2-10-8(12)7(5)11-4-6/h1-4H,(H,10,12). The van der Waals surface area contributed by atoms with Crippen molar-refractivity contribution in [2.75, 3.05) is 0 Å². The third-order valence-corrected chi connectivity index (χ3v) is 2.01. The quantitative estimate of drug-likeness (QED) is 0.741. The largest absolute Gasteiger partial charge is 0.327 e. The number of halogens is 1. The molecule has 2 aromatic rings. The zero-order valence-corrected chi connectivity index (χ0v) is 7.63. The second-order valence-corrected chi connectivity index (χ2v) is 3.31. The van der Waals surface area contributed by atoms with Crippen LogP contribution in [-0.2, 0) is 0 Å². The summed E-state index contributed by atoms with van der Waals surface area (Å²) >= 11 is 3.28. The van der Waals surface area contributed by atoms with Crippen LogP contribution in [0.4, 0.5) is 0 Å². The first-order valence-electron chi connectivity index (χ1n) is 3.40. The first kappa shape index (κ1) is 7.49. The average Bonchev–Trinajstić information content (AvgIpc) is 2.04. The van der Waals surface area contributed by atoms with Crippen LogP contribution in [0.3, 0.4) is 0 Å². The van der Waals surface area contributed by atoms with E-state index in [-0.39, 0.29) is 5.56 Å². The second-order valence-electron chi connectivity index (χ2n) is 2.40. The van der Waals surface area contributed by atoms with Crippen molar-refractivity contribution in [2.24, 2.45) is 0 Å². The highest BCUT2D eigenvalue weighted by molar-refractivity contribution is 9.10. The maximum Gasteiger partial charge on any atom is 0.274 e. The van der Waals surface area contributed by atoms with Crippen molar-refractivity contribution in [1.29, 1.82) is 0 Å². The van der Waals surface area contributed by atoms with Crippen LogP contribution in [0.1, 0.15) is 0 Å². The fourth-order valence-electron chi connectivity index (χ4n) is 1.05. The summed E-state index contributed by atoms with van der Waals surface area (Å²) in [5.41, 5.74) is 0.320. The predicted molar refractivity (Wildman–Crippen MR) is 50.1 cm³/mol. The Balaban J connectivity index is 2.96. The summed E-state index contributed by atoms with van der Waals surface area (Å²) in [5, 5.41) is 0.841. The van der Waals surface area contributed by atoms with Gasteiger partial charge in [0.25, 0.3) is 5.56 Å². The summed E-state index contributed by atoms with van der Waals surface area (Å²) in [6.45, 7) is 0. The smallest absolute Gasteiger partial charge is 0.274 e. The summed E-state index contributed by atoms with van der Waals surface area (Å²) < 4.78 is 0.876. The van der Waals surface area contributed by atoms with E-state index in [4.69, 9.17) is 0 Å². The monoisotopic (exact) mass is 224 g/mol. The van der Waals surface area contributed by atoms with Crippen LogP contribution in [0, 0.1) is 0 Å². The molecule has 0 fully saturated rings. The van der Waals surface area contributed by atoms with Crippen LogP contribution >= 0.6 is 15.9 Å². The molecule has 0 atom stereocenters. The number of aromatic nitrogens is 2. The van der Waals surface area contributed by atoms with Crippen LogP contribution in [0.15, 0.2) is 33.8 Å². The minimum Gasteiger partial charge on any atom is -0.327 e. The van der Waals surface area contributed by atoms with Gasteiger partial charge in [-0.25, -0.2) is 4.98 Å². The minimum atomic E-state index is -0.153. The van der Waals surface area contributed by atoms with Crippen molar-refractivity contribution in [3.63, 3.8) is 0 Å². The van der Waals surface area contributed by atoms with Gasteiger partial charge in [-0.2, -0.15) is 0 Å². The van der Waals surface area contributed by atoms with Crippen molar-refractivity contribution in [3.8, 4) is 0 Å². The van der Waals surface area contributed by atoms with Gasteiger partial charge in [-0.1, -0.05) is 0 Å². The van der Waals surface area contributed by atoms with Crippen LogP contribution in [0.25, 0.3) is 10.9 Å². The molecule has 4 heteroatoms. The number of rotatable bonds is 0. The van der Waals surface area contributed by atoms with Gasteiger partial charge in [0.15, 0.2) is 0 Å². The number of pyridine rings is 2. The molecule has 12 heavy (non-hydrogen) atoms. The van der Waals surface area contributed by atoms with Crippen molar-refractivity contribution in [2.45, 2.75) is 0 Å². The molecule has 0 radical (unpaired) electrons. The Kier molecular flexibility index (Phi) is 1.69. The van der Waals surface area contributed by atoms with Gasteiger partial charge in [-0.05, 0) is 28.1 Å². The molecular formula is C8H5BrN2O. The molecule has 3 nitrogen and oxygen atoms in total. The highest BCUT2D eigenvalue weighted by Gasteiger charge is 1.98. The maximum absolute atomic E-state index is 11.2. The summed E-state index contributed by atoms with van der Waals surface area (Å²) in [6.07, 6.45) is 3.22. The Bertz CT molecular complexity index is 478. The Morgan fingerprint density at radius 2 is 2.33 bits per heavy atom. The Hall–Kier alpha value is -1.16. The van der Waals surface area contributed by atoms with Crippen molar-refractivity contribution in [3.05, 3.63) is 39.4 Å². The van der Waals surface area contributed by atoms with E-state index in [2.05, 4.69) is 25.9 Å². The SMILES string of the molecule is O=c1[nH]ccc2cc(Br)cnc12. The molecule has 0 bridgehead atoms. The third kappa shape index (κ3) is 1.14. The Morgan fingerprint density at radius 3 is 3.17 bits per heavy atom. The summed E-state index contributed by atoms with van der Waals surface area (Å²) in [4.78, 5) is 17.7. The molecule has 0 aliphatic heterocycles. The number of fused-ring (bicyclic) bond motifs is 1. The summed E-state index contributed by atoms with van der Waals surface area (Å²) in [7, 11) is 0. The number of nitrogens with one attached hydrogen (secondary N) is 1. The summed E-state index contributed by atoms with van der Waals surface area (Å²) in [6, 6.07) is 3.67. The first-order chi connectivity index (χ1) is 5.77. The Morgan fingerprint density at radius 1 is 1.50 bits per heavy atom. The minimum absolute atomic E-state index is 0.153. The lowest BCUT2D eigenvalue weighted by atomic mass is 10.3. The molecule has 1 N–H and O–H groups in total. The van der Waals surface area contributed by atoms with E-state index in [1.165, 1.54) is 0 Å². The fourth-order valence-corrected chi connectivity index (χ4v) is 1.40. The van der Waals surface area contributed by atoms with E-state index < -0.39 is 0 Å². The van der Waals surface area contributed by atoms with Gasteiger partial charge < -0.3 is 4.98 Å². The maximum atomic E-state index is 11.2. The van der Waals surface area contributed by atoms with E-state index in [1.807, 2.05) is 12.1 Å². The third-order valence-electron chi connectivity index (χ3n) is 1.58. The van der Waals surface area contributed by atoms with E-state index in [1.54, 1.807) is 12.4 Å². The molecule has 0 aliphatic carbocycles. The van der Waals surface area contributed by atoms with Gasteiger partial charge in [0, 0.05) is 22.3 Å². The molecule has 0 saturated carbocycles. The van der Waals surface area contributed by atoms with E-state index in [0.29, 0.717) is 5.52 Å². The molecule has 2 aromatic heterocycles. The molecule has 0 saturated heterocycles. The number of hydrogen-bond acceptors (Lipinski definition) is 2. The number of H-pyrrole nitrogens is 1. The number of hydrogen-bond donors (Lipinski definition) is 1. The van der Waals surface area contributed by atoms with Gasteiger partial charge in [-0.3, -0.25) is 4.79 Å². The van der Waals surface area contributed by atoms with E-state index in [9.17, 15) is 4.79 Å². The first-order valence-corrected chi connectivity index (χ1v) is 4.19. The molecule has 0 unspecified atom stereocenters. The lowest BCUT2D eigenvalue weighted by molar-refractivity contribution is 1.23. The molecule has 60 valence electrons. The molecule has 0 aromatic carbocycles. The van der Waals surface area contributed by atoms with Crippen LogP contribution < -0.4 is 5.56 Å².